The zero-order valence-electron chi connectivity index (χ0n) is 18.3. The molecule has 0 amide bonds. The Bertz CT molecular complexity index is 564. The van der Waals surface area contributed by atoms with Crippen LogP contribution in [0.25, 0.3) is 0 Å². The normalized spacial score (nSPS) is 20.2. The molecule has 1 saturated carbocycles. The number of hydrogen-bond donors (Lipinski definition) is 0. The van der Waals surface area contributed by atoms with Gasteiger partial charge < -0.3 is 9.47 Å². The summed E-state index contributed by atoms with van der Waals surface area (Å²) in [5.41, 5.74) is 0. The van der Waals surface area contributed by atoms with Gasteiger partial charge in [0, 0.05) is 0 Å². The maximum absolute atomic E-state index is 13.9. The van der Waals surface area contributed by atoms with Crippen molar-refractivity contribution in [1.29, 1.82) is 0 Å². The van der Waals surface area contributed by atoms with E-state index in [1.165, 1.54) is 19.3 Å². The summed E-state index contributed by atoms with van der Waals surface area (Å²) in [5, 5.41) is 0. The fraction of sp³-hybridized carbons (Fsp3) is 0.720. The van der Waals surface area contributed by atoms with Crippen LogP contribution in [0.4, 0.5) is 4.39 Å². The van der Waals surface area contributed by atoms with Gasteiger partial charge >= 0.3 is 5.97 Å². The first-order chi connectivity index (χ1) is 14.1. The van der Waals surface area contributed by atoms with Crippen LogP contribution in [0.5, 0.6) is 11.5 Å². The average Bonchev–Trinajstić information content (AvgIpc) is 2.75. The Morgan fingerprint density at radius 2 is 1.62 bits per heavy atom. The number of esters is 1. The van der Waals surface area contributed by atoms with E-state index in [1.807, 2.05) is 0 Å². The van der Waals surface area contributed by atoms with Gasteiger partial charge in [0.25, 0.3) is 0 Å². The Kier molecular flexibility index (Phi) is 11.1. The first-order valence-corrected chi connectivity index (χ1v) is 11.7. The van der Waals surface area contributed by atoms with E-state index in [-0.39, 0.29) is 18.5 Å². The summed E-state index contributed by atoms with van der Waals surface area (Å²) in [4.78, 5) is 12.4. The Balaban J connectivity index is 1.67. The number of halogens is 1. The number of hydrogen-bond acceptors (Lipinski definition) is 3. The topological polar surface area (TPSA) is 35.5 Å². The van der Waals surface area contributed by atoms with Gasteiger partial charge in [-0.1, -0.05) is 58.8 Å². The molecule has 29 heavy (non-hydrogen) atoms. The number of unbranched alkanes of at least 4 members (excludes halogenated alkanes) is 4. The highest BCUT2D eigenvalue weighted by Crippen LogP contribution is 2.33. The molecule has 164 valence electrons. The lowest BCUT2D eigenvalue weighted by molar-refractivity contribution is -0.140. The fourth-order valence-corrected chi connectivity index (χ4v) is 4.05. The van der Waals surface area contributed by atoms with Gasteiger partial charge in [-0.2, -0.15) is 0 Å². The van der Waals surface area contributed by atoms with Crippen molar-refractivity contribution in [2.75, 3.05) is 6.61 Å². The maximum atomic E-state index is 13.9. The van der Waals surface area contributed by atoms with E-state index >= 15 is 0 Å². The molecular weight excluding hydrogens is 367 g/mol. The summed E-state index contributed by atoms with van der Waals surface area (Å²) >= 11 is 0. The number of ether oxygens (including phenoxy) is 2. The first-order valence-electron chi connectivity index (χ1n) is 11.7. The predicted octanol–water partition coefficient (Wildman–Crippen LogP) is 7.28. The van der Waals surface area contributed by atoms with E-state index in [0.717, 1.165) is 57.3 Å². The van der Waals surface area contributed by atoms with Gasteiger partial charge in [-0.25, -0.2) is 4.39 Å². The largest absolute Gasteiger partial charge is 0.491 e. The molecule has 0 heterocycles. The minimum Gasteiger partial charge on any atom is -0.491 e. The van der Waals surface area contributed by atoms with Crippen LogP contribution in [0.2, 0.25) is 0 Å². The van der Waals surface area contributed by atoms with Crippen LogP contribution in [0, 0.1) is 11.8 Å². The molecule has 0 radical (unpaired) electrons. The highest BCUT2D eigenvalue weighted by atomic mass is 19.1. The van der Waals surface area contributed by atoms with Crippen LogP contribution in [-0.4, -0.2) is 18.7 Å². The number of alkyl halides is 1. The number of carbonyl (C=O) groups excluding carboxylic acids is 1. The molecule has 0 N–H and O–H groups in total. The lowest BCUT2D eigenvalue weighted by atomic mass is 9.80. The van der Waals surface area contributed by atoms with E-state index in [2.05, 4.69) is 13.8 Å². The van der Waals surface area contributed by atoms with Crippen molar-refractivity contribution in [3.05, 3.63) is 24.3 Å². The molecule has 1 aromatic rings. The van der Waals surface area contributed by atoms with Crippen LogP contribution in [0.3, 0.4) is 0 Å². The van der Waals surface area contributed by atoms with Gasteiger partial charge in [0.15, 0.2) is 0 Å². The molecule has 1 aromatic carbocycles. The molecule has 3 nitrogen and oxygen atoms in total. The molecule has 4 heteroatoms. The monoisotopic (exact) mass is 406 g/mol. The van der Waals surface area contributed by atoms with E-state index < -0.39 is 6.17 Å². The van der Waals surface area contributed by atoms with Crippen molar-refractivity contribution in [3.63, 3.8) is 0 Å². The summed E-state index contributed by atoms with van der Waals surface area (Å²) in [6.45, 7) is 4.45. The van der Waals surface area contributed by atoms with Crippen molar-refractivity contribution >= 4 is 5.97 Å². The fourth-order valence-electron chi connectivity index (χ4n) is 4.05. The van der Waals surface area contributed by atoms with Crippen molar-refractivity contribution in [2.45, 2.75) is 97.1 Å². The zero-order chi connectivity index (χ0) is 20.9. The summed E-state index contributed by atoms with van der Waals surface area (Å²) in [5.74, 6) is 1.82. The molecular formula is C25H39FO3. The van der Waals surface area contributed by atoms with Gasteiger partial charge in [0.2, 0.25) is 0 Å². The third-order valence-electron chi connectivity index (χ3n) is 5.99. The van der Waals surface area contributed by atoms with E-state index in [9.17, 15) is 9.18 Å². The number of benzene rings is 1. The molecule has 0 saturated heterocycles. The van der Waals surface area contributed by atoms with E-state index in [4.69, 9.17) is 9.47 Å². The highest BCUT2D eigenvalue weighted by molar-refractivity contribution is 5.75. The lowest BCUT2D eigenvalue weighted by Gasteiger charge is -2.27. The lowest BCUT2D eigenvalue weighted by Crippen LogP contribution is -2.25. The van der Waals surface area contributed by atoms with Gasteiger partial charge in [0.1, 0.15) is 24.3 Å². The molecule has 0 aromatic heterocycles. The summed E-state index contributed by atoms with van der Waals surface area (Å²) in [7, 11) is 0. The molecule has 1 atom stereocenters. The average molecular weight is 407 g/mol. The summed E-state index contributed by atoms with van der Waals surface area (Å²) in [6, 6.07) is 6.95. The molecule has 1 fully saturated rings. The summed E-state index contributed by atoms with van der Waals surface area (Å²) in [6.07, 6.45) is 11.9. The minimum absolute atomic E-state index is 0.0174. The van der Waals surface area contributed by atoms with E-state index in [0.29, 0.717) is 17.9 Å². The van der Waals surface area contributed by atoms with Gasteiger partial charge in [-0.15, -0.1) is 0 Å². The quantitative estimate of drug-likeness (QED) is 0.196. The Morgan fingerprint density at radius 3 is 2.28 bits per heavy atom. The third-order valence-corrected chi connectivity index (χ3v) is 5.99. The standard InChI is InChI=1S/C25H39FO3/c1-3-5-7-8-10-22(26)19-28-23-15-17-24(18-16-23)29-25(27)21-13-11-20(12-14-21)9-6-4-2/h15-18,20-22H,3-14,19H2,1-2H3. The molecule has 2 rings (SSSR count). The first kappa shape index (κ1) is 23.7. The van der Waals surface area contributed by atoms with Crippen LogP contribution in [0.1, 0.15) is 90.9 Å². The highest BCUT2D eigenvalue weighted by Gasteiger charge is 2.27. The van der Waals surface area contributed by atoms with Crippen LogP contribution < -0.4 is 9.47 Å². The van der Waals surface area contributed by atoms with Crippen molar-refractivity contribution in [2.24, 2.45) is 11.8 Å². The second kappa shape index (κ2) is 13.6. The van der Waals surface area contributed by atoms with Crippen molar-refractivity contribution in [3.8, 4) is 11.5 Å². The van der Waals surface area contributed by atoms with Gasteiger partial charge in [0.05, 0.1) is 5.92 Å². The van der Waals surface area contributed by atoms with E-state index in [1.54, 1.807) is 24.3 Å². The molecule has 1 aliphatic carbocycles. The zero-order valence-corrected chi connectivity index (χ0v) is 18.3. The third kappa shape index (κ3) is 9.18. The van der Waals surface area contributed by atoms with Crippen LogP contribution in [-0.2, 0) is 4.79 Å². The SMILES string of the molecule is CCCCCCC(F)COc1ccc(OC(=O)C2CCC(CCCC)CC2)cc1. The van der Waals surface area contributed by atoms with Crippen molar-refractivity contribution in [1.82, 2.24) is 0 Å². The smallest absolute Gasteiger partial charge is 0.314 e. The number of carbonyl (C=O) groups is 1. The van der Waals surface area contributed by atoms with Gasteiger partial charge in [-0.3, -0.25) is 4.79 Å². The maximum Gasteiger partial charge on any atom is 0.314 e. The molecule has 1 aliphatic rings. The number of rotatable bonds is 13. The second-order valence-corrected chi connectivity index (χ2v) is 8.51. The second-order valence-electron chi connectivity index (χ2n) is 8.51. The van der Waals surface area contributed by atoms with Crippen molar-refractivity contribution < 1.29 is 18.7 Å². The molecule has 1 unspecified atom stereocenters. The van der Waals surface area contributed by atoms with Gasteiger partial charge in [-0.05, 0) is 62.3 Å². The molecule has 0 spiro atoms. The Morgan fingerprint density at radius 1 is 0.966 bits per heavy atom. The van der Waals surface area contributed by atoms with Crippen LogP contribution >= 0.6 is 0 Å². The van der Waals surface area contributed by atoms with Crippen LogP contribution in [0.15, 0.2) is 24.3 Å². The minimum atomic E-state index is -0.934. The summed E-state index contributed by atoms with van der Waals surface area (Å²) < 4.78 is 25.0. The Labute approximate surface area is 176 Å². The molecule has 0 aliphatic heterocycles. The molecule has 0 bridgehead atoms. The Hall–Kier alpha value is -1.58. The predicted molar refractivity (Wildman–Crippen MR) is 116 cm³/mol.